The Balaban J connectivity index is 2.07. The minimum absolute atomic E-state index is 0.144. The molecule has 0 bridgehead atoms. The van der Waals surface area contributed by atoms with E-state index in [0.717, 1.165) is 10.4 Å². The Labute approximate surface area is 107 Å². The molecular formula is C13H9AsF2O. The molecule has 0 saturated carbocycles. The minimum atomic E-state index is -0.593. The van der Waals surface area contributed by atoms with Gasteiger partial charge < -0.3 is 0 Å². The van der Waals surface area contributed by atoms with E-state index in [4.69, 9.17) is 4.74 Å². The molecule has 0 atom stereocenters. The van der Waals surface area contributed by atoms with Crippen molar-refractivity contribution in [1.29, 1.82) is 0 Å². The van der Waals surface area contributed by atoms with Gasteiger partial charge in [-0.25, -0.2) is 0 Å². The van der Waals surface area contributed by atoms with Crippen LogP contribution in [-0.4, -0.2) is 16.9 Å². The predicted molar refractivity (Wildman–Crippen MR) is 62.5 cm³/mol. The Morgan fingerprint density at radius 1 is 1.00 bits per heavy atom. The summed E-state index contributed by atoms with van der Waals surface area (Å²) in [5.41, 5.74) is 0.471. The SMILES string of the molecule is Fc1cc(F)cc(COc2cccc([As])c2)c1. The first-order valence-electron chi connectivity index (χ1n) is 5.00. The Kier molecular flexibility index (Phi) is 3.80. The molecule has 0 unspecified atom stereocenters. The van der Waals surface area contributed by atoms with Crippen molar-refractivity contribution in [2.45, 2.75) is 6.61 Å². The zero-order valence-corrected chi connectivity index (χ0v) is 10.7. The molecular weight excluding hydrogens is 285 g/mol. The van der Waals surface area contributed by atoms with Crippen LogP contribution in [-0.2, 0) is 6.61 Å². The summed E-state index contributed by atoms with van der Waals surface area (Å²) in [4.78, 5) is 0. The van der Waals surface area contributed by atoms with Crippen molar-refractivity contribution in [2.75, 3.05) is 0 Å². The molecule has 0 heterocycles. The normalized spacial score (nSPS) is 10.3. The van der Waals surface area contributed by atoms with Gasteiger partial charge in [-0.2, -0.15) is 0 Å². The number of hydrogen-bond acceptors (Lipinski definition) is 1. The van der Waals surface area contributed by atoms with Crippen molar-refractivity contribution in [2.24, 2.45) is 0 Å². The Hall–Kier alpha value is -1.34. The first kappa shape index (κ1) is 12.1. The van der Waals surface area contributed by atoms with Gasteiger partial charge in [-0.1, -0.05) is 0 Å². The predicted octanol–water partition coefficient (Wildman–Crippen LogP) is 2.34. The molecule has 0 aromatic heterocycles. The van der Waals surface area contributed by atoms with Crippen molar-refractivity contribution in [3.05, 3.63) is 59.7 Å². The molecule has 0 aliphatic carbocycles. The summed E-state index contributed by atoms with van der Waals surface area (Å²) in [6, 6.07) is 10.8. The number of benzene rings is 2. The molecule has 86 valence electrons. The average Bonchev–Trinajstić information content (AvgIpc) is 2.25. The summed E-state index contributed by atoms with van der Waals surface area (Å²) >= 11 is 2.41. The van der Waals surface area contributed by atoms with E-state index < -0.39 is 11.6 Å². The zero-order valence-electron chi connectivity index (χ0n) is 8.86. The maximum absolute atomic E-state index is 12.9. The number of rotatable bonds is 3. The van der Waals surface area contributed by atoms with E-state index in [1.165, 1.54) is 12.1 Å². The Morgan fingerprint density at radius 2 is 1.71 bits per heavy atom. The van der Waals surface area contributed by atoms with Crippen molar-refractivity contribution in [1.82, 2.24) is 0 Å². The van der Waals surface area contributed by atoms with Crippen LogP contribution in [0.1, 0.15) is 5.56 Å². The number of halogens is 2. The van der Waals surface area contributed by atoms with E-state index in [2.05, 4.69) is 16.9 Å². The second kappa shape index (κ2) is 5.33. The summed E-state index contributed by atoms with van der Waals surface area (Å²) in [6.45, 7) is 0.144. The van der Waals surface area contributed by atoms with Crippen LogP contribution < -0.4 is 9.09 Å². The molecule has 1 nitrogen and oxygen atoms in total. The molecule has 17 heavy (non-hydrogen) atoms. The topological polar surface area (TPSA) is 9.23 Å². The van der Waals surface area contributed by atoms with Crippen LogP contribution in [0.4, 0.5) is 8.78 Å². The van der Waals surface area contributed by atoms with E-state index >= 15 is 0 Å². The van der Waals surface area contributed by atoms with Crippen LogP contribution in [0.15, 0.2) is 42.5 Å². The van der Waals surface area contributed by atoms with Gasteiger partial charge >= 0.3 is 107 Å². The fourth-order valence-corrected chi connectivity index (χ4v) is 1.88. The van der Waals surface area contributed by atoms with Crippen molar-refractivity contribution in [3.63, 3.8) is 0 Å². The summed E-state index contributed by atoms with van der Waals surface area (Å²) in [6.07, 6.45) is 0. The van der Waals surface area contributed by atoms with E-state index in [1.54, 1.807) is 6.07 Å². The molecule has 0 saturated heterocycles. The summed E-state index contributed by atoms with van der Waals surface area (Å²) in [5.74, 6) is -0.512. The monoisotopic (exact) mass is 294 g/mol. The van der Waals surface area contributed by atoms with Crippen molar-refractivity contribution >= 4 is 21.2 Å². The van der Waals surface area contributed by atoms with E-state index in [9.17, 15) is 8.78 Å². The molecule has 0 aliphatic rings. The summed E-state index contributed by atoms with van der Waals surface area (Å²) < 4.78 is 32.3. The molecule has 0 aliphatic heterocycles. The average molecular weight is 294 g/mol. The standard InChI is InChI=1S/C13H9AsF2O/c14-10-2-1-3-13(6-10)17-8-9-4-11(15)7-12(16)5-9/h1-7H,8H2. The zero-order chi connectivity index (χ0) is 12.3. The van der Waals surface area contributed by atoms with Crippen LogP contribution in [0.2, 0.25) is 0 Å². The van der Waals surface area contributed by atoms with E-state index in [0.29, 0.717) is 11.3 Å². The van der Waals surface area contributed by atoms with E-state index in [1.807, 2.05) is 18.2 Å². The third kappa shape index (κ3) is 3.57. The van der Waals surface area contributed by atoms with Crippen LogP contribution in [0.5, 0.6) is 5.75 Å². The molecule has 4 heteroatoms. The van der Waals surface area contributed by atoms with E-state index in [-0.39, 0.29) is 6.61 Å². The van der Waals surface area contributed by atoms with Gasteiger partial charge in [0.25, 0.3) is 0 Å². The second-order valence-corrected chi connectivity index (χ2v) is 4.65. The number of ether oxygens (including phenoxy) is 1. The molecule has 2 radical (unpaired) electrons. The third-order valence-electron chi connectivity index (χ3n) is 2.15. The quantitative estimate of drug-likeness (QED) is 0.790. The maximum atomic E-state index is 12.9. The Bertz CT molecular complexity index is 508. The first-order chi connectivity index (χ1) is 8.13. The van der Waals surface area contributed by atoms with Crippen molar-refractivity contribution in [3.8, 4) is 5.75 Å². The molecule has 0 spiro atoms. The van der Waals surface area contributed by atoms with Gasteiger partial charge in [-0.15, -0.1) is 0 Å². The van der Waals surface area contributed by atoms with Gasteiger partial charge in [0.15, 0.2) is 0 Å². The van der Waals surface area contributed by atoms with Crippen LogP contribution in [0.3, 0.4) is 0 Å². The number of hydrogen-bond donors (Lipinski definition) is 0. The molecule has 2 aromatic rings. The van der Waals surface area contributed by atoms with Gasteiger partial charge in [0.1, 0.15) is 0 Å². The second-order valence-electron chi connectivity index (χ2n) is 3.56. The van der Waals surface area contributed by atoms with Gasteiger partial charge in [0, 0.05) is 0 Å². The molecule has 2 aromatic carbocycles. The Morgan fingerprint density at radius 3 is 2.35 bits per heavy atom. The third-order valence-corrected chi connectivity index (χ3v) is 2.73. The van der Waals surface area contributed by atoms with Crippen LogP contribution in [0.25, 0.3) is 0 Å². The first-order valence-corrected chi connectivity index (χ1v) is 5.94. The molecule has 0 fully saturated rings. The fourth-order valence-electron chi connectivity index (χ4n) is 1.43. The van der Waals surface area contributed by atoms with Gasteiger partial charge in [0.2, 0.25) is 0 Å². The van der Waals surface area contributed by atoms with Crippen molar-refractivity contribution < 1.29 is 13.5 Å². The van der Waals surface area contributed by atoms with Gasteiger partial charge in [-0.05, 0) is 0 Å². The van der Waals surface area contributed by atoms with Gasteiger partial charge in [0.05, 0.1) is 0 Å². The fraction of sp³-hybridized carbons (Fsp3) is 0.0769. The van der Waals surface area contributed by atoms with Crippen LogP contribution in [0, 0.1) is 11.6 Å². The summed E-state index contributed by atoms with van der Waals surface area (Å²) in [7, 11) is 0. The molecule has 0 amide bonds. The van der Waals surface area contributed by atoms with Gasteiger partial charge in [-0.3, -0.25) is 0 Å². The molecule has 2 rings (SSSR count). The summed E-state index contributed by atoms with van der Waals surface area (Å²) in [5, 5.41) is 0. The molecule has 0 N–H and O–H groups in total. The van der Waals surface area contributed by atoms with Crippen LogP contribution >= 0.6 is 0 Å².